The van der Waals surface area contributed by atoms with Gasteiger partial charge in [-0.25, -0.2) is 4.39 Å². The fourth-order valence-electron chi connectivity index (χ4n) is 3.92. The number of hydrogen-bond donors (Lipinski definition) is 0. The molecule has 30 heavy (non-hydrogen) atoms. The van der Waals surface area contributed by atoms with Gasteiger partial charge < -0.3 is 14.5 Å². The highest BCUT2D eigenvalue weighted by molar-refractivity contribution is 7.10. The van der Waals surface area contributed by atoms with Gasteiger partial charge in [0.25, 0.3) is 0 Å². The van der Waals surface area contributed by atoms with E-state index in [0.717, 1.165) is 24.8 Å². The van der Waals surface area contributed by atoms with Crippen LogP contribution in [0, 0.1) is 11.7 Å². The number of halogens is 1. The minimum atomic E-state index is -0.419. The minimum Gasteiger partial charge on any atom is -0.488 e. The van der Waals surface area contributed by atoms with Gasteiger partial charge >= 0.3 is 0 Å². The van der Waals surface area contributed by atoms with Crippen molar-refractivity contribution in [1.82, 2.24) is 9.80 Å². The molecule has 1 aromatic heterocycles. The number of thiophene rings is 1. The van der Waals surface area contributed by atoms with Gasteiger partial charge in [0.2, 0.25) is 11.8 Å². The molecule has 1 aromatic carbocycles. The topological polar surface area (TPSA) is 49.9 Å². The Hall–Kier alpha value is -2.41. The summed E-state index contributed by atoms with van der Waals surface area (Å²) in [6.07, 6.45) is 2.61. The zero-order valence-corrected chi connectivity index (χ0v) is 18.2. The zero-order chi connectivity index (χ0) is 21.3. The molecule has 1 fully saturated rings. The van der Waals surface area contributed by atoms with Gasteiger partial charge in [-0.15, -0.1) is 11.3 Å². The highest BCUT2D eigenvalue weighted by Gasteiger charge is 2.38. The third-order valence-corrected chi connectivity index (χ3v) is 6.78. The summed E-state index contributed by atoms with van der Waals surface area (Å²) in [5.74, 6) is -0.176. The van der Waals surface area contributed by atoms with Gasteiger partial charge in [-0.05, 0) is 62.3 Å². The van der Waals surface area contributed by atoms with Crippen LogP contribution in [0.3, 0.4) is 0 Å². The van der Waals surface area contributed by atoms with Gasteiger partial charge in [0.1, 0.15) is 13.2 Å². The second kappa shape index (κ2) is 8.76. The number of carbonyl (C=O) groups is 2. The summed E-state index contributed by atoms with van der Waals surface area (Å²) < 4.78 is 19.8. The predicted octanol–water partition coefficient (Wildman–Crippen LogP) is 4.04. The van der Waals surface area contributed by atoms with E-state index in [4.69, 9.17) is 4.74 Å². The van der Waals surface area contributed by atoms with Crippen molar-refractivity contribution in [2.45, 2.75) is 45.2 Å². The first-order valence-corrected chi connectivity index (χ1v) is 11.4. The smallest absolute Gasteiger partial charge is 0.242 e. The Morgan fingerprint density at radius 1 is 1.27 bits per heavy atom. The molecule has 2 heterocycles. The molecule has 0 saturated heterocycles. The van der Waals surface area contributed by atoms with E-state index in [0.29, 0.717) is 6.54 Å². The van der Waals surface area contributed by atoms with E-state index in [2.05, 4.69) is 0 Å². The first kappa shape index (κ1) is 20.8. The van der Waals surface area contributed by atoms with Crippen molar-refractivity contribution in [3.63, 3.8) is 0 Å². The van der Waals surface area contributed by atoms with Crippen LogP contribution in [-0.4, -0.2) is 47.4 Å². The maximum atomic E-state index is 14.0. The first-order valence-electron chi connectivity index (χ1n) is 10.5. The molecule has 0 spiro atoms. The van der Waals surface area contributed by atoms with Crippen molar-refractivity contribution < 1.29 is 18.7 Å². The average Bonchev–Trinajstić information content (AvgIpc) is 3.47. The van der Waals surface area contributed by atoms with Crippen molar-refractivity contribution in [1.29, 1.82) is 0 Å². The van der Waals surface area contributed by atoms with Crippen LogP contribution in [0.2, 0.25) is 0 Å². The summed E-state index contributed by atoms with van der Waals surface area (Å²) in [6, 6.07) is 7.99. The van der Waals surface area contributed by atoms with Crippen LogP contribution in [0.15, 0.2) is 35.7 Å². The summed E-state index contributed by atoms with van der Waals surface area (Å²) in [4.78, 5) is 30.7. The molecule has 4 rings (SSSR count). The Bertz CT molecular complexity index is 925. The number of fused-ring (bicyclic) bond motifs is 1. The van der Waals surface area contributed by atoms with Crippen LogP contribution < -0.4 is 4.74 Å². The van der Waals surface area contributed by atoms with E-state index < -0.39 is 5.82 Å². The van der Waals surface area contributed by atoms with Gasteiger partial charge in [-0.2, -0.15) is 0 Å². The fraction of sp³-hybridized carbons (Fsp3) is 0.478. The number of benzene rings is 1. The largest absolute Gasteiger partial charge is 0.488 e. The van der Waals surface area contributed by atoms with Crippen molar-refractivity contribution in [3.8, 4) is 5.75 Å². The monoisotopic (exact) mass is 430 g/mol. The Balaban J connectivity index is 1.52. The predicted molar refractivity (Wildman–Crippen MR) is 114 cm³/mol. The number of carbonyl (C=O) groups excluding carboxylic acids is 2. The lowest BCUT2D eigenvalue weighted by Crippen LogP contribution is -2.49. The van der Waals surface area contributed by atoms with Crippen LogP contribution in [0.4, 0.5) is 4.39 Å². The molecular weight excluding hydrogens is 403 g/mol. The molecular formula is C23H27FN2O3S. The molecule has 7 heteroatoms. The standard InChI is InChI=1S/C23H27FN2O3S/c1-15(2)26(23(28)16-7-8-16)13-22(27)25-11-9-21-17(10-12-30-21)19(25)14-29-20-6-4-3-5-18(20)24/h3-6,10,12,15-16,19H,7-9,11,13-14H2,1-2H3/t19-/m1/s1. The number of ether oxygens (including phenoxy) is 1. The normalized spacial score (nSPS) is 18.3. The quantitative estimate of drug-likeness (QED) is 0.666. The molecule has 0 radical (unpaired) electrons. The van der Waals surface area contributed by atoms with E-state index >= 15 is 0 Å². The molecule has 1 aliphatic heterocycles. The van der Waals surface area contributed by atoms with E-state index in [1.54, 1.807) is 39.3 Å². The van der Waals surface area contributed by atoms with Gasteiger partial charge in [-0.1, -0.05) is 12.1 Å². The molecule has 2 amide bonds. The second-order valence-electron chi connectivity index (χ2n) is 8.23. The number of nitrogens with zero attached hydrogens (tertiary/aromatic N) is 2. The van der Waals surface area contributed by atoms with Gasteiger partial charge in [0.15, 0.2) is 11.6 Å². The van der Waals surface area contributed by atoms with E-state index in [1.165, 1.54) is 10.9 Å². The molecule has 2 aromatic rings. The van der Waals surface area contributed by atoms with Gasteiger partial charge in [0.05, 0.1) is 6.04 Å². The lowest BCUT2D eigenvalue weighted by molar-refractivity contribution is -0.144. The van der Waals surface area contributed by atoms with Crippen molar-refractivity contribution in [2.75, 3.05) is 19.7 Å². The van der Waals surface area contributed by atoms with Crippen molar-refractivity contribution in [3.05, 3.63) is 52.0 Å². The zero-order valence-electron chi connectivity index (χ0n) is 17.3. The van der Waals surface area contributed by atoms with Crippen LogP contribution in [0.5, 0.6) is 5.75 Å². The fourth-order valence-corrected chi connectivity index (χ4v) is 4.85. The second-order valence-corrected chi connectivity index (χ2v) is 9.23. The molecule has 2 aliphatic rings. The lowest BCUT2D eigenvalue weighted by Gasteiger charge is -2.37. The molecule has 1 saturated carbocycles. The molecule has 160 valence electrons. The SMILES string of the molecule is CC(C)N(CC(=O)N1CCc2sccc2[C@H]1COc1ccccc1F)C(=O)C1CC1. The molecule has 1 atom stereocenters. The minimum absolute atomic E-state index is 0.0309. The number of hydrogen-bond acceptors (Lipinski definition) is 4. The third-order valence-electron chi connectivity index (χ3n) is 5.79. The van der Waals surface area contributed by atoms with Crippen LogP contribution in [0.25, 0.3) is 0 Å². The summed E-state index contributed by atoms with van der Waals surface area (Å²) in [5, 5.41) is 2.02. The number of amides is 2. The van der Waals surface area contributed by atoms with E-state index in [-0.39, 0.29) is 48.7 Å². The Morgan fingerprint density at radius 2 is 2.03 bits per heavy atom. The Labute approximate surface area is 180 Å². The average molecular weight is 431 g/mol. The number of rotatable bonds is 7. The molecule has 5 nitrogen and oxygen atoms in total. The van der Waals surface area contributed by atoms with Crippen LogP contribution in [0.1, 0.15) is 43.2 Å². The maximum absolute atomic E-state index is 14.0. The first-order chi connectivity index (χ1) is 14.5. The number of para-hydroxylation sites is 1. The third kappa shape index (κ3) is 4.36. The molecule has 0 bridgehead atoms. The van der Waals surface area contributed by atoms with Gasteiger partial charge in [-0.3, -0.25) is 9.59 Å². The highest BCUT2D eigenvalue weighted by Crippen LogP contribution is 2.35. The Kier molecular flexibility index (Phi) is 6.09. The van der Waals surface area contributed by atoms with E-state index in [9.17, 15) is 14.0 Å². The summed E-state index contributed by atoms with van der Waals surface area (Å²) in [5.41, 5.74) is 1.06. The summed E-state index contributed by atoms with van der Waals surface area (Å²) >= 11 is 1.67. The maximum Gasteiger partial charge on any atom is 0.242 e. The molecule has 0 unspecified atom stereocenters. The van der Waals surface area contributed by atoms with Crippen molar-refractivity contribution >= 4 is 23.2 Å². The molecule has 1 aliphatic carbocycles. The van der Waals surface area contributed by atoms with Crippen LogP contribution >= 0.6 is 11.3 Å². The van der Waals surface area contributed by atoms with E-state index in [1.807, 2.05) is 25.3 Å². The summed E-state index contributed by atoms with van der Waals surface area (Å²) in [6.45, 7) is 4.71. The molecule has 0 N–H and O–H groups in total. The summed E-state index contributed by atoms with van der Waals surface area (Å²) in [7, 11) is 0. The van der Waals surface area contributed by atoms with Gasteiger partial charge in [0, 0.05) is 23.4 Å². The highest BCUT2D eigenvalue weighted by atomic mass is 32.1. The van der Waals surface area contributed by atoms with Crippen molar-refractivity contribution in [2.24, 2.45) is 5.92 Å². The Morgan fingerprint density at radius 3 is 2.73 bits per heavy atom. The lowest BCUT2D eigenvalue weighted by atomic mass is 10.00. The van der Waals surface area contributed by atoms with Crippen LogP contribution in [-0.2, 0) is 16.0 Å².